The predicted molar refractivity (Wildman–Crippen MR) is 123 cm³/mol. The van der Waals surface area contributed by atoms with Crippen LogP contribution in [0.25, 0.3) is 12.2 Å². The molecule has 0 saturated heterocycles. The molecule has 166 valence electrons. The van der Waals surface area contributed by atoms with Gasteiger partial charge in [-0.1, -0.05) is 17.7 Å². The van der Waals surface area contributed by atoms with Crippen molar-refractivity contribution in [1.29, 1.82) is 0 Å². The minimum absolute atomic E-state index is 0.0343. The number of allylic oxidation sites excluding steroid dienone is 1. The molecule has 0 unspecified atom stereocenters. The Hall–Kier alpha value is -2.64. The van der Waals surface area contributed by atoms with Crippen LogP contribution in [0.15, 0.2) is 36.5 Å². The van der Waals surface area contributed by atoms with Gasteiger partial charge >= 0.3 is 0 Å². The van der Waals surface area contributed by atoms with Crippen molar-refractivity contribution < 1.29 is 13.9 Å². The van der Waals surface area contributed by atoms with Gasteiger partial charge in [0.1, 0.15) is 12.1 Å². The van der Waals surface area contributed by atoms with Crippen LogP contribution < -0.4 is 10.6 Å². The first-order valence-corrected chi connectivity index (χ1v) is 10.7. The quantitative estimate of drug-likeness (QED) is 0.519. The number of anilines is 2. The third-order valence-electron chi connectivity index (χ3n) is 5.37. The lowest BCUT2D eigenvalue weighted by molar-refractivity contribution is 0.0977. The Balaban J connectivity index is 1.85. The van der Waals surface area contributed by atoms with Crippen molar-refractivity contribution in [3.63, 3.8) is 0 Å². The Kier molecular flexibility index (Phi) is 8.26. The van der Waals surface area contributed by atoms with Crippen molar-refractivity contribution in [1.82, 2.24) is 15.3 Å². The number of rotatable bonds is 8. The summed E-state index contributed by atoms with van der Waals surface area (Å²) in [7, 11) is 3.59. The van der Waals surface area contributed by atoms with Crippen LogP contribution in [-0.4, -0.2) is 36.3 Å². The average molecular weight is 447 g/mol. The number of ether oxygens (including phenoxy) is 2. The highest BCUT2D eigenvalue weighted by Gasteiger charge is 2.20. The van der Waals surface area contributed by atoms with Crippen molar-refractivity contribution >= 4 is 35.3 Å². The van der Waals surface area contributed by atoms with Crippen molar-refractivity contribution in [2.24, 2.45) is 0 Å². The number of hydrogen-bond acceptors (Lipinski definition) is 6. The van der Waals surface area contributed by atoms with Gasteiger partial charge in [0, 0.05) is 17.7 Å². The standard InChI is InChI=1S/C23H28ClFN4O2/c1-15(30-3)13-21-18(11-12-31-17-9-7-16(26-2)8-10-17)23(28-14-27-21)29-20-6-4-5-19(24)22(20)25/h4-6,11-14,16-17,26H,7-10H2,1-3H3,(H,27,28,29)/b12-11+,15-13+/t16-,17-. The topological polar surface area (TPSA) is 68.3 Å². The van der Waals surface area contributed by atoms with Gasteiger partial charge < -0.3 is 20.1 Å². The predicted octanol–water partition coefficient (Wildman–Crippen LogP) is 5.54. The van der Waals surface area contributed by atoms with Gasteiger partial charge in [-0.15, -0.1) is 0 Å². The van der Waals surface area contributed by atoms with Gasteiger partial charge in [0.2, 0.25) is 0 Å². The van der Waals surface area contributed by atoms with E-state index in [0.717, 1.165) is 25.7 Å². The fourth-order valence-corrected chi connectivity index (χ4v) is 3.65. The van der Waals surface area contributed by atoms with Crippen LogP contribution in [0.2, 0.25) is 5.02 Å². The van der Waals surface area contributed by atoms with Crippen LogP contribution in [-0.2, 0) is 9.47 Å². The summed E-state index contributed by atoms with van der Waals surface area (Å²) in [4.78, 5) is 8.66. The van der Waals surface area contributed by atoms with Crippen LogP contribution in [0.4, 0.5) is 15.9 Å². The summed E-state index contributed by atoms with van der Waals surface area (Å²) in [6.45, 7) is 1.83. The lowest BCUT2D eigenvalue weighted by atomic mass is 9.93. The second-order valence-corrected chi connectivity index (χ2v) is 7.82. The van der Waals surface area contributed by atoms with E-state index >= 15 is 0 Å². The molecule has 0 atom stereocenters. The van der Waals surface area contributed by atoms with E-state index in [1.54, 1.807) is 37.7 Å². The van der Waals surface area contributed by atoms with E-state index in [1.165, 1.54) is 12.4 Å². The molecule has 1 aliphatic carbocycles. The maximum absolute atomic E-state index is 14.4. The number of nitrogens with zero attached hydrogens (tertiary/aromatic N) is 2. The summed E-state index contributed by atoms with van der Waals surface area (Å²) < 4.78 is 25.7. The summed E-state index contributed by atoms with van der Waals surface area (Å²) in [5.41, 5.74) is 1.51. The van der Waals surface area contributed by atoms with Crippen molar-refractivity contribution in [3.05, 3.63) is 58.6 Å². The molecule has 1 fully saturated rings. The molecule has 2 aromatic rings. The second-order valence-electron chi connectivity index (χ2n) is 7.41. The molecule has 1 aliphatic rings. The number of methoxy groups -OCH3 is 1. The zero-order valence-electron chi connectivity index (χ0n) is 18.0. The third-order valence-corrected chi connectivity index (χ3v) is 5.66. The van der Waals surface area contributed by atoms with Gasteiger partial charge in [-0.25, -0.2) is 14.4 Å². The molecule has 1 aromatic heterocycles. The minimum Gasteiger partial charge on any atom is -0.501 e. The Morgan fingerprint density at radius 3 is 2.71 bits per heavy atom. The number of benzene rings is 1. The molecule has 0 radical (unpaired) electrons. The molecular formula is C23H28ClFN4O2. The highest BCUT2D eigenvalue weighted by molar-refractivity contribution is 6.31. The molecule has 3 rings (SSSR count). The van der Waals surface area contributed by atoms with Gasteiger partial charge in [-0.3, -0.25) is 0 Å². The average Bonchev–Trinajstić information content (AvgIpc) is 2.78. The summed E-state index contributed by atoms with van der Waals surface area (Å²) in [6.07, 6.45) is 11.0. The lowest BCUT2D eigenvalue weighted by Gasteiger charge is -2.27. The summed E-state index contributed by atoms with van der Waals surface area (Å²) in [5.74, 6) is 0.574. The van der Waals surface area contributed by atoms with Gasteiger partial charge in [-0.2, -0.15) is 0 Å². The molecule has 31 heavy (non-hydrogen) atoms. The largest absolute Gasteiger partial charge is 0.501 e. The molecular weight excluding hydrogens is 419 g/mol. The maximum Gasteiger partial charge on any atom is 0.165 e. The molecule has 8 heteroatoms. The van der Waals surface area contributed by atoms with Crippen molar-refractivity contribution in [3.8, 4) is 0 Å². The Morgan fingerprint density at radius 1 is 1.23 bits per heavy atom. The van der Waals surface area contributed by atoms with E-state index in [4.69, 9.17) is 21.1 Å². The van der Waals surface area contributed by atoms with Gasteiger partial charge in [0.25, 0.3) is 0 Å². The molecule has 2 N–H and O–H groups in total. The molecule has 0 aliphatic heterocycles. The summed E-state index contributed by atoms with van der Waals surface area (Å²) in [5, 5.41) is 6.37. The highest BCUT2D eigenvalue weighted by Crippen LogP contribution is 2.28. The minimum atomic E-state index is -0.541. The molecule has 1 heterocycles. The van der Waals surface area contributed by atoms with Gasteiger partial charge in [0.15, 0.2) is 5.82 Å². The monoisotopic (exact) mass is 446 g/mol. The molecule has 6 nitrogen and oxygen atoms in total. The van der Waals surface area contributed by atoms with Crippen molar-refractivity contribution in [2.75, 3.05) is 19.5 Å². The number of aromatic nitrogens is 2. The summed E-state index contributed by atoms with van der Waals surface area (Å²) in [6, 6.07) is 5.33. The Bertz CT molecular complexity index is 943. The van der Waals surface area contributed by atoms with E-state index in [-0.39, 0.29) is 16.8 Å². The van der Waals surface area contributed by atoms with Crippen LogP contribution in [0.1, 0.15) is 43.9 Å². The van der Waals surface area contributed by atoms with Crippen LogP contribution in [0.3, 0.4) is 0 Å². The third kappa shape index (κ3) is 6.18. The van der Waals surface area contributed by atoms with E-state index < -0.39 is 5.82 Å². The molecule has 1 aromatic carbocycles. The van der Waals surface area contributed by atoms with E-state index in [9.17, 15) is 4.39 Å². The number of halogens is 2. The first-order valence-electron chi connectivity index (χ1n) is 10.3. The SMILES string of the molecule is CN[C@H]1CC[C@H](O/C=C/c2c(/C=C(\C)OC)ncnc2Nc2cccc(Cl)c2F)CC1. The highest BCUT2D eigenvalue weighted by atomic mass is 35.5. The van der Waals surface area contributed by atoms with Gasteiger partial charge in [0.05, 0.1) is 41.6 Å². The van der Waals surface area contributed by atoms with E-state index in [1.807, 2.05) is 14.0 Å². The van der Waals surface area contributed by atoms with Crippen LogP contribution in [0, 0.1) is 5.82 Å². The first-order chi connectivity index (χ1) is 15.0. The lowest BCUT2D eigenvalue weighted by Crippen LogP contribution is -2.32. The maximum atomic E-state index is 14.4. The fourth-order valence-electron chi connectivity index (χ4n) is 3.47. The van der Waals surface area contributed by atoms with E-state index in [0.29, 0.717) is 28.9 Å². The molecule has 0 spiro atoms. The molecule has 0 amide bonds. The van der Waals surface area contributed by atoms with Crippen LogP contribution in [0.5, 0.6) is 0 Å². The van der Waals surface area contributed by atoms with E-state index in [2.05, 4.69) is 20.6 Å². The number of nitrogens with one attached hydrogen (secondary N) is 2. The number of hydrogen-bond donors (Lipinski definition) is 2. The zero-order valence-corrected chi connectivity index (χ0v) is 18.7. The van der Waals surface area contributed by atoms with Gasteiger partial charge in [-0.05, 0) is 57.9 Å². The fraction of sp³-hybridized carbons (Fsp3) is 0.391. The normalized spacial score (nSPS) is 19.5. The first kappa shape index (κ1) is 23.0. The second kappa shape index (κ2) is 11.1. The van der Waals surface area contributed by atoms with Crippen LogP contribution >= 0.6 is 11.6 Å². The van der Waals surface area contributed by atoms with Crippen molar-refractivity contribution in [2.45, 2.75) is 44.8 Å². The smallest absolute Gasteiger partial charge is 0.165 e. The zero-order chi connectivity index (χ0) is 22.2. The molecule has 0 bridgehead atoms. The Morgan fingerprint density at radius 2 is 2.00 bits per heavy atom. The molecule has 1 saturated carbocycles. The Labute approximate surface area is 187 Å². The summed E-state index contributed by atoms with van der Waals surface area (Å²) >= 11 is 5.92.